The normalized spacial score (nSPS) is 12.1. The molecular weight excluding hydrogens is 1380 g/mol. The Balaban J connectivity index is 0.659. The molecule has 0 atom stereocenters. The van der Waals surface area contributed by atoms with Gasteiger partial charge in [0.1, 0.15) is 0 Å². The Hall–Kier alpha value is -15.2. The fraction of sp³-hybridized carbons (Fsp3) is 0. The van der Waals surface area contributed by atoms with Gasteiger partial charge in [-0.25, -0.2) is 0 Å². The summed E-state index contributed by atoms with van der Waals surface area (Å²) in [6, 6.07) is 171. The van der Waals surface area contributed by atoms with Crippen LogP contribution in [0.4, 0.5) is 102 Å². The fourth-order valence-electron chi connectivity index (χ4n) is 15.8. The van der Waals surface area contributed by atoms with Gasteiger partial charge in [-0.15, -0.1) is 0 Å². The van der Waals surface area contributed by atoms with Crippen molar-refractivity contribution in [3.05, 3.63) is 473 Å². The van der Waals surface area contributed by atoms with Crippen LogP contribution in [0.3, 0.4) is 0 Å². The third-order valence-electron chi connectivity index (χ3n) is 21.6. The molecule has 0 spiro atoms. The van der Waals surface area contributed by atoms with Crippen LogP contribution < -0.4 is 29.4 Å². The summed E-state index contributed by atoms with van der Waals surface area (Å²) in [5.41, 5.74) is 33.0. The van der Waals surface area contributed by atoms with E-state index < -0.39 is 0 Å². The molecule has 0 fully saturated rings. The van der Waals surface area contributed by atoms with Crippen LogP contribution in [-0.4, -0.2) is 0 Å². The Morgan fingerprint density at radius 1 is 0.0702 bits per heavy atom. The molecule has 18 aromatic rings. The molecule has 6 heteroatoms. The van der Waals surface area contributed by atoms with E-state index >= 15 is 0 Å². The van der Waals surface area contributed by atoms with Crippen molar-refractivity contribution in [1.29, 1.82) is 0 Å². The second-order valence-corrected chi connectivity index (χ2v) is 28.6. The van der Waals surface area contributed by atoms with Gasteiger partial charge in [0, 0.05) is 102 Å². The number of hydrogen-bond donors (Lipinski definition) is 0. The summed E-state index contributed by atoms with van der Waals surface area (Å²) in [4.78, 5) is 14.0. The highest BCUT2D eigenvalue weighted by Gasteiger charge is 2.22. The van der Waals surface area contributed by atoms with E-state index in [1.54, 1.807) is 0 Å². The summed E-state index contributed by atoms with van der Waals surface area (Å²) in [7, 11) is 0. The second-order valence-electron chi connectivity index (χ2n) is 28.6. The molecular formula is C108H78N6. The lowest BCUT2D eigenvalue weighted by atomic mass is 10.0. The van der Waals surface area contributed by atoms with Gasteiger partial charge >= 0.3 is 0 Å². The summed E-state index contributed by atoms with van der Waals surface area (Å²) >= 11 is 0. The third kappa shape index (κ3) is 14.3. The highest BCUT2D eigenvalue weighted by molar-refractivity contribution is 5.88. The molecule has 19 aliphatic rings. The molecule has 0 amide bonds. The monoisotopic (exact) mass is 1460 g/mol. The molecule has 114 heavy (non-hydrogen) atoms. The van der Waals surface area contributed by atoms with E-state index in [1.807, 2.05) is 0 Å². The number of rotatable bonds is 6. The molecule has 0 N–H and O–H groups in total. The zero-order valence-electron chi connectivity index (χ0n) is 62.7. The zero-order valence-corrected chi connectivity index (χ0v) is 62.7. The maximum absolute atomic E-state index is 2.33. The maximum Gasteiger partial charge on any atom is 0.0462 e. The van der Waals surface area contributed by atoms with E-state index in [0.29, 0.717) is 0 Å². The van der Waals surface area contributed by atoms with E-state index in [4.69, 9.17) is 0 Å². The Kier molecular flexibility index (Phi) is 19.1. The second kappa shape index (κ2) is 31.4. The van der Waals surface area contributed by atoms with E-state index in [2.05, 4.69) is 503 Å². The Morgan fingerprint density at radius 3 is 0.219 bits per heavy atom. The Labute approximate surface area is 667 Å². The van der Waals surface area contributed by atoms with Crippen LogP contribution in [-0.2, 0) is 0 Å². The number of benzene rings is 18. The molecule has 6 nitrogen and oxygen atoms in total. The predicted molar refractivity (Wildman–Crippen MR) is 481 cm³/mol. The first-order valence-corrected chi connectivity index (χ1v) is 38.8. The topological polar surface area (TPSA) is 19.4 Å². The molecule has 0 saturated heterocycles. The maximum atomic E-state index is 2.33. The SMILES string of the molecule is c1ccc(N2c3ccc(cc3)-c3ccc(cc3)N(c3ccccc3)c3ccc(cc3)-c3ccc(cc3)N(c3ccccc3)c3ccc(cc3)-c3ccc(cc3)N(c3ccccc3)c3ccc(cc3)-c3ccc(cc3)N(c3ccccc3)c3ccc(cc3)-c3ccc(cc3)N(c3ccccc3)c3ccc(cc3)-c3ccc2cc3)cc1. The summed E-state index contributed by atoms with van der Waals surface area (Å²) in [6.07, 6.45) is 0. The fourth-order valence-corrected chi connectivity index (χ4v) is 15.8. The summed E-state index contributed by atoms with van der Waals surface area (Å²) in [6.45, 7) is 0. The number of para-hydroxylation sites is 6. The van der Waals surface area contributed by atoms with Crippen molar-refractivity contribution in [2.24, 2.45) is 0 Å². The van der Waals surface area contributed by atoms with E-state index in [0.717, 1.165) is 169 Å². The Morgan fingerprint density at radius 2 is 0.140 bits per heavy atom. The van der Waals surface area contributed by atoms with Gasteiger partial charge in [-0.1, -0.05) is 255 Å². The molecule has 18 aromatic carbocycles. The standard InChI is InChI=1S/C108H78N6/c1-7-19-91(20-8-1)109-97-55-31-79(32-56-97)81-35-59-99(60-36-81)110(92-21-9-2-10-22-92)101-63-39-83(40-64-101)85-43-67-103(68-44-85)112(94-25-13-4-14-26-94)105-71-47-87(48-72-105)89-51-75-107(76-52-89)114(96-29-17-6-18-30-96)108-77-53-90(54-78-108)88-49-73-106(74-50-88)113(95-27-15-5-16-28-95)104-69-45-86(46-70-104)84-41-65-102(66-42-84)111(93-23-11-3-12-24-93)100-61-37-82(38-62-100)80-33-57-98(109)58-34-80/h1-78H. The van der Waals surface area contributed by atoms with E-state index in [1.165, 1.54) is 0 Å². The van der Waals surface area contributed by atoms with E-state index in [-0.39, 0.29) is 0 Å². The van der Waals surface area contributed by atoms with Gasteiger partial charge < -0.3 is 29.4 Å². The van der Waals surface area contributed by atoms with Crippen LogP contribution in [0.25, 0.3) is 66.8 Å². The molecule has 0 unspecified atom stereocenters. The van der Waals surface area contributed by atoms with Crippen molar-refractivity contribution in [2.45, 2.75) is 0 Å². The minimum absolute atomic E-state index is 1.07. The van der Waals surface area contributed by atoms with Crippen molar-refractivity contribution in [3.8, 4) is 66.8 Å². The van der Waals surface area contributed by atoms with Crippen molar-refractivity contribution >= 4 is 102 Å². The van der Waals surface area contributed by atoms with Crippen LogP contribution >= 0.6 is 0 Å². The lowest BCUT2D eigenvalue weighted by molar-refractivity contribution is 1.28. The molecule has 0 aliphatic carbocycles. The minimum atomic E-state index is 1.07. The minimum Gasteiger partial charge on any atom is -0.311 e. The first-order chi connectivity index (χ1) is 56.5. The van der Waals surface area contributed by atoms with Gasteiger partial charge in [0.05, 0.1) is 0 Å². The van der Waals surface area contributed by atoms with Crippen molar-refractivity contribution < 1.29 is 0 Å². The summed E-state index contributed by atoms with van der Waals surface area (Å²) in [5.74, 6) is 0. The molecule has 540 valence electrons. The number of hydrogen-bond acceptors (Lipinski definition) is 6. The first kappa shape index (κ1) is 69.2. The quantitative estimate of drug-likeness (QED) is 0.164. The average molecular weight is 1460 g/mol. The van der Waals surface area contributed by atoms with Crippen LogP contribution in [0.15, 0.2) is 473 Å². The highest BCUT2D eigenvalue weighted by atomic mass is 15.2. The smallest absolute Gasteiger partial charge is 0.0462 e. The molecule has 19 heterocycles. The van der Waals surface area contributed by atoms with Gasteiger partial charge in [-0.05, 0) is 285 Å². The average Bonchev–Trinajstić information content (AvgIpc) is 0.811. The van der Waals surface area contributed by atoms with Crippen molar-refractivity contribution in [2.75, 3.05) is 29.4 Å². The molecule has 0 saturated carbocycles. The van der Waals surface area contributed by atoms with Gasteiger partial charge in [-0.3, -0.25) is 0 Å². The number of nitrogens with zero attached hydrogens (tertiary/aromatic N) is 6. The molecule has 0 radical (unpaired) electrons. The largest absolute Gasteiger partial charge is 0.311 e. The lowest BCUT2D eigenvalue weighted by Crippen LogP contribution is -2.10. The van der Waals surface area contributed by atoms with Crippen molar-refractivity contribution in [1.82, 2.24) is 0 Å². The van der Waals surface area contributed by atoms with Gasteiger partial charge in [0.2, 0.25) is 0 Å². The van der Waals surface area contributed by atoms with Crippen LogP contribution in [0.2, 0.25) is 0 Å². The number of anilines is 18. The predicted octanol–water partition coefficient (Wildman–Crippen LogP) is 30.8. The van der Waals surface area contributed by atoms with Crippen molar-refractivity contribution in [3.63, 3.8) is 0 Å². The van der Waals surface area contributed by atoms with Crippen LogP contribution in [0.1, 0.15) is 0 Å². The molecule has 24 bridgehead atoms. The first-order valence-electron chi connectivity index (χ1n) is 38.8. The summed E-state index contributed by atoms with van der Waals surface area (Å²) in [5, 5.41) is 0. The molecule has 19 aliphatic heterocycles. The summed E-state index contributed by atoms with van der Waals surface area (Å²) < 4.78 is 0. The van der Waals surface area contributed by atoms with Crippen LogP contribution in [0, 0.1) is 0 Å². The zero-order chi connectivity index (χ0) is 75.9. The van der Waals surface area contributed by atoms with Gasteiger partial charge in [-0.2, -0.15) is 0 Å². The highest BCUT2D eigenvalue weighted by Crippen LogP contribution is 2.46. The molecule has 37 rings (SSSR count). The lowest BCUT2D eigenvalue weighted by Gasteiger charge is -2.27. The van der Waals surface area contributed by atoms with Crippen LogP contribution in [0.5, 0.6) is 0 Å². The van der Waals surface area contributed by atoms with E-state index in [9.17, 15) is 0 Å². The Bertz CT molecular complexity index is 4920. The van der Waals surface area contributed by atoms with Gasteiger partial charge in [0.15, 0.2) is 0 Å². The third-order valence-corrected chi connectivity index (χ3v) is 21.6. The van der Waals surface area contributed by atoms with Gasteiger partial charge in [0.25, 0.3) is 0 Å². The molecule has 0 aromatic heterocycles.